The summed E-state index contributed by atoms with van der Waals surface area (Å²) in [5.74, 6) is 0.232. The second kappa shape index (κ2) is 9.70. The predicted molar refractivity (Wildman–Crippen MR) is 121 cm³/mol. The van der Waals surface area contributed by atoms with E-state index >= 15 is 0 Å². The lowest BCUT2D eigenvalue weighted by atomic mass is 10.2. The first kappa shape index (κ1) is 22.3. The van der Waals surface area contributed by atoms with Gasteiger partial charge >= 0.3 is 0 Å². The second-order valence-electron chi connectivity index (χ2n) is 7.97. The smallest absolute Gasteiger partial charge is 0.262 e. The van der Waals surface area contributed by atoms with Crippen LogP contribution in [0.25, 0.3) is 0 Å². The number of benzene rings is 2. The third kappa shape index (κ3) is 5.11. The summed E-state index contributed by atoms with van der Waals surface area (Å²) in [4.78, 5) is 26.1. The average molecular weight is 458 g/mol. The third-order valence-corrected chi connectivity index (χ3v) is 7.56. The Morgan fingerprint density at radius 2 is 1.72 bits per heavy atom. The largest absolute Gasteiger partial charge is 0.484 e. The van der Waals surface area contributed by atoms with Gasteiger partial charge in [-0.25, -0.2) is 8.42 Å². The number of ether oxygens (including phenoxy) is 1. The van der Waals surface area contributed by atoms with E-state index in [4.69, 9.17) is 4.74 Å². The van der Waals surface area contributed by atoms with Crippen LogP contribution in [0.4, 0.5) is 11.4 Å². The van der Waals surface area contributed by atoms with Gasteiger partial charge in [-0.05, 0) is 61.7 Å². The molecule has 0 saturated carbocycles. The van der Waals surface area contributed by atoms with Crippen LogP contribution in [0.15, 0.2) is 53.4 Å². The number of piperidine rings is 1. The molecule has 170 valence electrons. The highest BCUT2D eigenvalue weighted by molar-refractivity contribution is 7.89. The van der Waals surface area contributed by atoms with E-state index in [9.17, 15) is 18.0 Å². The molecule has 0 bridgehead atoms. The van der Waals surface area contributed by atoms with Gasteiger partial charge in [-0.3, -0.25) is 9.59 Å². The van der Waals surface area contributed by atoms with Crippen LogP contribution in [0, 0.1) is 0 Å². The number of nitrogens with zero attached hydrogens (tertiary/aromatic N) is 2. The first-order chi connectivity index (χ1) is 15.4. The lowest BCUT2D eigenvalue weighted by molar-refractivity contribution is -0.118. The number of hydrogen-bond donors (Lipinski definition) is 1. The Morgan fingerprint density at radius 1 is 0.969 bits per heavy atom. The minimum atomic E-state index is -3.57. The van der Waals surface area contributed by atoms with Crippen LogP contribution in [-0.2, 0) is 19.6 Å². The molecule has 2 fully saturated rings. The first-order valence-corrected chi connectivity index (χ1v) is 12.3. The van der Waals surface area contributed by atoms with Gasteiger partial charge < -0.3 is 15.0 Å². The average Bonchev–Trinajstić information content (AvgIpc) is 3.24. The molecule has 2 aliphatic rings. The Labute approximate surface area is 188 Å². The molecule has 2 amide bonds. The van der Waals surface area contributed by atoms with Crippen molar-refractivity contribution in [3.8, 4) is 5.75 Å². The zero-order valence-electron chi connectivity index (χ0n) is 17.8. The van der Waals surface area contributed by atoms with Gasteiger partial charge in [0.05, 0.1) is 4.90 Å². The molecule has 0 aromatic heterocycles. The Morgan fingerprint density at radius 3 is 2.41 bits per heavy atom. The van der Waals surface area contributed by atoms with Crippen LogP contribution in [0.1, 0.15) is 32.1 Å². The fourth-order valence-corrected chi connectivity index (χ4v) is 5.54. The molecule has 2 aliphatic heterocycles. The number of nitrogens with one attached hydrogen (secondary N) is 1. The van der Waals surface area contributed by atoms with Gasteiger partial charge in [0.25, 0.3) is 5.91 Å². The van der Waals surface area contributed by atoms with Gasteiger partial charge in [-0.1, -0.05) is 12.5 Å². The summed E-state index contributed by atoms with van der Waals surface area (Å²) in [6, 6.07) is 13.3. The van der Waals surface area contributed by atoms with Gasteiger partial charge in [0.2, 0.25) is 15.9 Å². The van der Waals surface area contributed by atoms with Crippen LogP contribution in [0.2, 0.25) is 0 Å². The number of anilines is 2. The van der Waals surface area contributed by atoms with Crippen LogP contribution in [0.3, 0.4) is 0 Å². The summed E-state index contributed by atoms with van der Waals surface area (Å²) in [7, 11) is -3.57. The topological polar surface area (TPSA) is 96.0 Å². The van der Waals surface area contributed by atoms with Crippen molar-refractivity contribution < 1.29 is 22.7 Å². The molecule has 8 nitrogen and oxygen atoms in total. The molecular weight excluding hydrogens is 430 g/mol. The van der Waals surface area contributed by atoms with Crippen LogP contribution >= 0.6 is 0 Å². The molecule has 32 heavy (non-hydrogen) atoms. The lowest BCUT2D eigenvalue weighted by Crippen LogP contribution is -2.35. The Kier molecular flexibility index (Phi) is 6.76. The number of hydrogen-bond acceptors (Lipinski definition) is 5. The molecule has 0 radical (unpaired) electrons. The minimum absolute atomic E-state index is 0.113. The summed E-state index contributed by atoms with van der Waals surface area (Å²) in [5.41, 5.74) is 1.22. The number of carbonyl (C=O) groups is 2. The highest BCUT2D eigenvalue weighted by atomic mass is 32.2. The van der Waals surface area contributed by atoms with E-state index in [2.05, 4.69) is 5.32 Å². The number of carbonyl (C=O) groups excluding carboxylic acids is 2. The summed E-state index contributed by atoms with van der Waals surface area (Å²) in [5, 5.41) is 2.69. The third-order valence-electron chi connectivity index (χ3n) is 5.66. The molecule has 9 heteroatoms. The monoisotopic (exact) mass is 457 g/mol. The van der Waals surface area contributed by atoms with E-state index in [0.29, 0.717) is 37.5 Å². The van der Waals surface area contributed by atoms with E-state index in [1.54, 1.807) is 47.4 Å². The molecule has 4 rings (SSSR count). The quantitative estimate of drug-likeness (QED) is 0.690. The molecule has 1 N–H and O–H groups in total. The van der Waals surface area contributed by atoms with E-state index in [1.165, 1.54) is 10.4 Å². The van der Waals surface area contributed by atoms with E-state index < -0.39 is 15.9 Å². The minimum Gasteiger partial charge on any atom is -0.484 e. The SMILES string of the molecule is O=C(COc1ccc(N2CCCC2=O)cc1)Nc1cccc(S(=O)(=O)N2CCCCC2)c1. The zero-order chi connectivity index (χ0) is 22.6. The molecule has 0 unspecified atom stereocenters. The first-order valence-electron chi connectivity index (χ1n) is 10.9. The number of amides is 2. The summed E-state index contributed by atoms with van der Waals surface area (Å²) >= 11 is 0. The van der Waals surface area contributed by atoms with Crippen LogP contribution < -0.4 is 15.0 Å². The Hall–Kier alpha value is -2.91. The molecule has 2 saturated heterocycles. The highest BCUT2D eigenvalue weighted by Gasteiger charge is 2.26. The maximum absolute atomic E-state index is 12.8. The fourth-order valence-electron chi connectivity index (χ4n) is 3.98. The fraction of sp³-hybridized carbons (Fsp3) is 0.391. The van der Waals surface area contributed by atoms with Crippen molar-refractivity contribution >= 4 is 33.2 Å². The van der Waals surface area contributed by atoms with E-state index in [1.807, 2.05) is 0 Å². The normalized spacial score (nSPS) is 17.4. The molecule has 0 spiro atoms. The van der Waals surface area contributed by atoms with Crippen molar-refractivity contribution in [2.24, 2.45) is 0 Å². The maximum atomic E-state index is 12.8. The zero-order valence-corrected chi connectivity index (χ0v) is 18.6. The summed E-state index contributed by atoms with van der Waals surface area (Å²) in [6.45, 7) is 1.55. The van der Waals surface area contributed by atoms with E-state index in [0.717, 1.165) is 31.4 Å². The highest BCUT2D eigenvalue weighted by Crippen LogP contribution is 2.25. The number of sulfonamides is 1. The second-order valence-corrected chi connectivity index (χ2v) is 9.91. The van der Waals surface area contributed by atoms with Gasteiger partial charge in [-0.2, -0.15) is 4.31 Å². The maximum Gasteiger partial charge on any atom is 0.262 e. The molecule has 2 aromatic carbocycles. The standard InChI is InChI=1S/C23H27N3O5S/c27-22(17-31-20-11-9-19(10-12-20)26-15-5-8-23(26)28)24-18-6-4-7-21(16-18)32(29,30)25-13-2-1-3-14-25/h4,6-7,9-12,16H,1-3,5,8,13-15,17H2,(H,24,27). The van der Waals surface area contributed by atoms with Crippen LogP contribution in [-0.4, -0.2) is 50.8 Å². The van der Waals surface area contributed by atoms with Gasteiger partial charge in [0, 0.05) is 37.4 Å². The van der Waals surface area contributed by atoms with Crippen molar-refractivity contribution in [3.05, 3.63) is 48.5 Å². The summed E-state index contributed by atoms with van der Waals surface area (Å²) in [6.07, 6.45) is 4.20. The van der Waals surface area contributed by atoms with Crippen molar-refractivity contribution in [2.75, 3.05) is 36.5 Å². The Balaban J connectivity index is 1.33. The molecule has 2 heterocycles. The predicted octanol–water partition coefficient (Wildman–Crippen LogP) is 3.01. The Bertz CT molecular complexity index is 1080. The van der Waals surface area contributed by atoms with Crippen molar-refractivity contribution in [1.29, 1.82) is 0 Å². The van der Waals surface area contributed by atoms with Crippen molar-refractivity contribution in [3.63, 3.8) is 0 Å². The van der Waals surface area contributed by atoms with Gasteiger partial charge in [-0.15, -0.1) is 0 Å². The van der Waals surface area contributed by atoms with E-state index in [-0.39, 0.29) is 17.4 Å². The van der Waals surface area contributed by atoms with Gasteiger partial charge in [0.15, 0.2) is 6.61 Å². The number of rotatable bonds is 7. The van der Waals surface area contributed by atoms with Crippen molar-refractivity contribution in [2.45, 2.75) is 37.0 Å². The molecular formula is C23H27N3O5S. The van der Waals surface area contributed by atoms with Crippen LogP contribution in [0.5, 0.6) is 5.75 Å². The molecule has 0 atom stereocenters. The molecule has 2 aromatic rings. The lowest BCUT2D eigenvalue weighted by Gasteiger charge is -2.26. The van der Waals surface area contributed by atoms with Crippen molar-refractivity contribution in [1.82, 2.24) is 4.31 Å². The summed E-state index contributed by atoms with van der Waals surface area (Å²) < 4.78 is 32.7. The molecule has 0 aliphatic carbocycles. The van der Waals surface area contributed by atoms with Gasteiger partial charge in [0.1, 0.15) is 5.75 Å².